The minimum absolute atomic E-state index is 0.0629. The average molecular weight is 567 g/mol. The van der Waals surface area contributed by atoms with Crippen LogP contribution in [0.3, 0.4) is 0 Å². The number of benzene rings is 2. The van der Waals surface area contributed by atoms with E-state index >= 15 is 0 Å². The summed E-state index contributed by atoms with van der Waals surface area (Å²) in [6, 6.07) is 10.3. The molecule has 0 radical (unpaired) electrons. The van der Waals surface area contributed by atoms with E-state index in [1.54, 1.807) is 24.3 Å². The van der Waals surface area contributed by atoms with E-state index in [0.717, 1.165) is 10.8 Å². The molecule has 0 saturated heterocycles. The Kier molecular flexibility index (Phi) is 8.32. The van der Waals surface area contributed by atoms with Crippen LogP contribution in [0.1, 0.15) is 25.0 Å². The first kappa shape index (κ1) is 28.6. The summed E-state index contributed by atoms with van der Waals surface area (Å²) in [6.07, 6.45) is -3.11. The molecule has 4 rings (SSSR count). The molecule has 0 amide bonds. The maximum Gasteiger partial charge on any atom is 0.406 e. The van der Waals surface area contributed by atoms with Gasteiger partial charge in [-0.05, 0) is 49.1 Å². The summed E-state index contributed by atoms with van der Waals surface area (Å²) in [4.78, 5) is 0.0928. The van der Waals surface area contributed by atoms with Crippen LogP contribution in [0.4, 0.5) is 28.9 Å². The molecule has 1 fully saturated rings. The summed E-state index contributed by atoms with van der Waals surface area (Å²) in [7, 11) is -2.03. The molecule has 7 nitrogen and oxygen atoms in total. The van der Waals surface area contributed by atoms with Gasteiger partial charge in [-0.2, -0.15) is 13.2 Å². The zero-order valence-corrected chi connectivity index (χ0v) is 22.3. The molecule has 1 saturated carbocycles. The number of nitrogens with zero attached hydrogens (tertiary/aromatic N) is 1. The van der Waals surface area contributed by atoms with Crippen molar-refractivity contribution in [2.24, 2.45) is 5.73 Å². The van der Waals surface area contributed by atoms with Crippen molar-refractivity contribution in [3.05, 3.63) is 48.2 Å². The normalized spacial score (nSPS) is 19.8. The largest absolute Gasteiger partial charge is 0.495 e. The van der Waals surface area contributed by atoms with E-state index in [-0.39, 0.29) is 29.6 Å². The number of sulfone groups is 1. The first-order valence-electron chi connectivity index (χ1n) is 12.3. The standard InChI is InChI=1S/C27H30F4N4O3S/c1-38-26-15-19(39(2,36)37)9-11-24(26)33-12-4-5-18-14-20-23(34-17-8-10-22(32)21(28)13-17)6-3-7-25(20)35(18)16-27(29,30)31/h3,6-7,9,11,14-15,17,21-22,33-34H,8,10,12-13,16,32H2,1-2H3. The van der Waals surface area contributed by atoms with Gasteiger partial charge in [0.2, 0.25) is 0 Å². The zero-order chi connectivity index (χ0) is 28.4. The highest BCUT2D eigenvalue weighted by atomic mass is 32.2. The van der Waals surface area contributed by atoms with Gasteiger partial charge in [-0.3, -0.25) is 0 Å². The lowest BCUT2D eigenvalue weighted by Crippen LogP contribution is -2.41. The Labute approximate surface area is 224 Å². The number of nitrogens with one attached hydrogen (secondary N) is 2. The molecule has 3 unspecified atom stereocenters. The molecule has 1 aromatic heterocycles. The molecule has 0 aliphatic heterocycles. The zero-order valence-electron chi connectivity index (χ0n) is 21.5. The molecule has 39 heavy (non-hydrogen) atoms. The monoisotopic (exact) mass is 566 g/mol. The Morgan fingerprint density at radius 3 is 2.59 bits per heavy atom. The van der Waals surface area contributed by atoms with E-state index in [9.17, 15) is 26.0 Å². The number of aromatic nitrogens is 1. The van der Waals surface area contributed by atoms with Crippen LogP contribution in [-0.2, 0) is 16.4 Å². The van der Waals surface area contributed by atoms with Crippen LogP contribution in [0.5, 0.6) is 5.75 Å². The average Bonchev–Trinajstić information content (AvgIpc) is 3.20. The van der Waals surface area contributed by atoms with Crippen molar-refractivity contribution in [3.8, 4) is 17.6 Å². The van der Waals surface area contributed by atoms with Gasteiger partial charge in [-0.25, -0.2) is 12.8 Å². The van der Waals surface area contributed by atoms with Crippen molar-refractivity contribution in [2.75, 3.05) is 30.5 Å². The third-order valence-electron chi connectivity index (χ3n) is 6.65. The van der Waals surface area contributed by atoms with Crippen molar-refractivity contribution >= 4 is 32.1 Å². The van der Waals surface area contributed by atoms with Crippen LogP contribution < -0.4 is 21.1 Å². The van der Waals surface area contributed by atoms with Crippen LogP contribution >= 0.6 is 0 Å². The van der Waals surface area contributed by atoms with E-state index in [1.807, 2.05) is 0 Å². The quantitative estimate of drug-likeness (QED) is 0.283. The number of fused-ring (bicyclic) bond motifs is 1. The first-order valence-corrected chi connectivity index (χ1v) is 14.2. The van der Waals surface area contributed by atoms with Crippen LogP contribution in [0.25, 0.3) is 10.9 Å². The molecular weight excluding hydrogens is 536 g/mol. The maximum absolute atomic E-state index is 14.2. The fraction of sp³-hybridized carbons (Fsp3) is 0.407. The van der Waals surface area contributed by atoms with E-state index in [1.165, 1.54) is 25.3 Å². The van der Waals surface area contributed by atoms with Crippen LogP contribution in [-0.4, -0.2) is 57.3 Å². The number of nitrogens with two attached hydrogens (primary N) is 1. The highest BCUT2D eigenvalue weighted by Crippen LogP contribution is 2.32. The van der Waals surface area contributed by atoms with Crippen LogP contribution in [0.2, 0.25) is 0 Å². The van der Waals surface area contributed by atoms with E-state index < -0.39 is 34.8 Å². The van der Waals surface area contributed by atoms with E-state index in [2.05, 4.69) is 22.5 Å². The van der Waals surface area contributed by atoms with E-state index in [4.69, 9.17) is 10.5 Å². The molecule has 12 heteroatoms. The molecule has 1 aliphatic carbocycles. The fourth-order valence-electron chi connectivity index (χ4n) is 4.68. The lowest BCUT2D eigenvalue weighted by Gasteiger charge is -2.30. The highest BCUT2D eigenvalue weighted by Gasteiger charge is 2.31. The predicted octanol–water partition coefficient (Wildman–Crippen LogP) is 4.71. The van der Waals surface area contributed by atoms with Crippen molar-refractivity contribution in [2.45, 2.75) is 55.1 Å². The highest BCUT2D eigenvalue weighted by molar-refractivity contribution is 7.90. The second-order valence-electron chi connectivity index (χ2n) is 9.59. The van der Waals surface area contributed by atoms with Gasteiger partial charge in [0.05, 0.1) is 35.4 Å². The number of anilines is 2. The first-order chi connectivity index (χ1) is 18.4. The van der Waals surface area contributed by atoms with Gasteiger partial charge >= 0.3 is 6.18 Å². The number of alkyl halides is 4. The number of hydrogen-bond acceptors (Lipinski definition) is 6. The molecule has 3 aromatic rings. The summed E-state index contributed by atoms with van der Waals surface area (Å²) in [6.45, 7) is -1.16. The van der Waals surface area contributed by atoms with Gasteiger partial charge in [0.15, 0.2) is 9.84 Å². The summed E-state index contributed by atoms with van der Waals surface area (Å²) >= 11 is 0. The molecule has 0 bridgehead atoms. The van der Waals surface area contributed by atoms with Crippen LogP contribution in [0, 0.1) is 11.8 Å². The lowest BCUT2D eigenvalue weighted by atomic mass is 9.90. The van der Waals surface area contributed by atoms with Gasteiger partial charge in [0.1, 0.15) is 18.5 Å². The number of hydrogen-bond donors (Lipinski definition) is 3. The van der Waals surface area contributed by atoms with Gasteiger partial charge in [0, 0.05) is 41.9 Å². The van der Waals surface area contributed by atoms with Crippen LogP contribution in [0.15, 0.2) is 47.4 Å². The molecule has 210 valence electrons. The summed E-state index contributed by atoms with van der Waals surface area (Å²) in [5.74, 6) is 5.95. The number of ether oxygens (including phenoxy) is 1. The van der Waals surface area contributed by atoms with Crippen molar-refractivity contribution < 1.29 is 30.7 Å². The minimum Gasteiger partial charge on any atom is -0.495 e. The Balaban J connectivity index is 1.60. The SMILES string of the molecule is COc1cc(S(C)(=O)=O)ccc1NCC#Cc1cc2c(NC3CCC(N)C(F)C3)cccc2n1CC(F)(F)F. The smallest absolute Gasteiger partial charge is 0.406 e. The van der Waals surface area contributed by atoms with Crippen molar-refractivity contribution in [1.82, 2.24) is 4.57 Å². The van der Waals surface area contributed by atoms with Gasteiger partial charge in [0.25, 0.3) is 0 Å². The lowest BCUT2D eigenvalue weighted by molar-refractivity contribution is -0.140. The Hall–Kier alpha value is -3.43. The summed E-state index contributed by atoms with van der Waals surface area (Å²) < 4.78 is 84.6. The topological polar surface area (TPSA) is 98.4 Å². The third kappa shape index (κ3) is 6.96. The van der Waals surface area contributed by atoms with Crippen molar-refractivity contribution in [3.63, 3.8) is 0 Å². The Bertz CT molecular complexity index is 1510. The van der Waals surface area contributed by atoms with Gasteiger partial charge < -0.3 is 25.7 Å². The third-order valence-corrected chi connectivity index (χ3v) is 7.76. The number of rotatable bonds is 7. The summed E-state index contributed by atoms with van der Waals surface area (Å²) in [5.41, 5.74) is 7.40. The Morgan fingerprint density at radius 2 is 1.92 bits per heavy atom. The molecule has 1 heterocycles. The molecule has 4 N–H and O–H groups in total. The number of halogens is 4. The second kappa shape index (κ2) is 11.4. The number of methoxy groups -OCH3 is 1. The van der Waals surface area contributed by atoms with Gasteiger partial charge in [-0.15, -0.1) is 0 Å². The minimum atomic E-state index is -4.47. The molecule has 2 aromatic carbocycles. The Morgan fingerprint density at radius 1 is 1.15 bits per heavy atom. The molecule has 0 spiro atoms. The summed E-state index contributed by atoms with van der Waals surface area (Å²) in [5, 5.41) is 6.85. The fourth-order valence-corrected chi connectivity index (χ4v) is 5.31. The predicted molar refractivity (Wildman–Crippen MR) is 144 cm³/mol. The second-order valence-corrected chi connectivity index (χ2v) is 11.6. The van der Waals surface area contributed by atoms with E-state index in [0.29, 0.717) is 40.9 Å². The molecular formula is C27H30F4N4O3S. The maximum atomic E-state index is 14.2. The van der Waals surface area contributed by atoms with Gasteiger partial charge in [-0.1, -0.05) is 12.0 Å². The van der Waals surface area contributed by atoms with Crippen molar-refractivity contribution in [1.29, 1.82) is 0 Å². The molecule has 1 aliphatic rings. The molecule has 3 atom stereocenters.